The van der Waals surface area contributed by atoms with E-state index in [0.717, 1.165) is 5.57 Å². The third kappa shape index (κ3) is 2.28. The van der Waals surface area contributed by atoms with E-state index in [1.165, 1.54) is 0 Å². The molecule has 0 amide bonds. The van der Waals surface area contributed by atoms with Gasteiger partial charge in [-0.15, -0.1) is 13.2 Å². The van der Waals surface area contributed by atoms with Crippen LogP contribution in [0.15, 0.2) is 49.1 Å². The molecule has 2 N–H and O–H groups in total. The van der Waals surface area contributed by atoms with E-state index < -0.39 is 11.5 Å². The fraction of sp³-hybridized carbons (Fsp3) is 0.385. The summed E-state index contributed by atoms with van der Waals surface area (Å²) in [4.78, 5) is 0. The second kappa shape index (κ2) is 5.10. The Hall–Kier alpha value is -1.12. The third-order valence-electron chi connectivity index (χ3n) is 2.83. The molecule has 0 aromatic rings. The largest absolute Gasteiger partial charge is 0.395 e. The summed E-state index contributed by atoms with van der Waals surface area (Å²) in [5.41, 5.74) is 0.290. The molecule has 0 bridgehead atoms. The molecule has 0 aromatic carbocycles. The van der Waals surface area contributed by atoms with Crippen LogP contribution in [0, 0.1) is 5.41 Å². The van der Waals surface area contributed by atoms with Crippen molar-refractivity contribution in [1.29, 1.82) is 0 Å². The number of hydrogen-bond acceptors (Lipinski definition) is 2. The van der Waals surface area contributed by atoms with E-state index in [1.807, 2.05) is 18.2 Å². The molecule has 2 heteroatoms. The summed E-state index contributed by atoms with van der Waals surface area (Å²) in [5.74, 6) is 0. The highest BCUT2D eigenvalue weighted by atomic mass is 16.3. The monoisotopic (exact) mass is 206 g/mol. The topological polar surface area (TPSA) is 40.5 Å². The van der Waals surface area contributed by atoms with Gasteiger partial charge in [0.2, 0.25) is 0 Å². The first-order valence-corrected chi connectivity index (χ1v) is 5.09. The molecule has 15 heavy (non-hydrogen) atoms. The summed E-state index contributed by atoms with van der Waals surface area (Å²) in [7, 11) is 0. The van der Waals surface area contributed by atoms with E-state index in [0.29, 0.717) is 12.8 Å². The standard InChI is InChI=1S/C13H18O2/c1-3-6-11-7-5-9-13(10-14,8-4-2)12(11)15/h3-5,7,9,12,14-15H,1-2,6,8,10H2. The molecule has 0 aromatic heterocycles. The summed E-state index contributed by atoms with van der Waals surface area (Å²) in [6.45, 7) is 7.23. The lowest BCUT2D eigenvalue weighted by Crippen LogP contribution is -2.39. The van der Waals surface area contributed by atoms with E-state index in [-0.39, 0.29) is 6.61 Å². The summed E-state index contributed by atoms with van der Waals surface area (Å²) >= 11 is 0. The zero-order chi connectivity index (χ0) is 11.3. The van der Waals surface area contributed by atoms with Crippen molar-refractivity contribution in [2.45, 2.75) is 18.9 Å². The van der Waals surface area contributed by atoms with Crippen LogP contribution in [0.2, 0.25) is 0 Å². The molecule has 1 rings (SSSR count). The molecule has 2 atom stereocenters. The van der Waals surface area contributed by atoms with Crippen LogP contribution in [-0.4, -0.2) is 22.9 Å². The second-order valence-corrected chi connectivity index (χ2v) is 3.88. The van der Waals surface area contributed by atoms with Crippen LogP contribution in [0.3, 0.4) is 0 Å². The lowest BCUT2D eigenvalue weighted by atomic mass is 9.73. The third-order valence-corrected chi connectivity index (χ3v) is 2.83. The average Bonchev–Trinajstić information content (AvgIpc) is 2.25. The van der Waals surface area contributed by atoms with Crippen molar-refractivity contribution >= 4 is 0 Å². The van der Waals surface area contributed by atoms with Crippen molar-refractivity contribution in [2.24, 2.45) is 5.41 Å². The predicted octanol–water partition coefficient (Wildman–Crippen LogP) is 1.97. The maximum absolute atomic E-state index is 10.2. The SMILES string of the molecule is C=CCC1=CC=CC(CO)(CC=C)C1O. The summed E-state index contributed by atoms with van der Waals surface area (Å²) in [6.07, 6.45) is 9.65. The predicted molar refractivity (Wildman–Crippen MR) is 62.4 cm³/mol. The van der Waals surface area contributed by atoms with E-state index in [1.54, 1.807) is 12.2 Å². The normalized spacial score (nSPS) is 29.7. The number of aliphatic hydroxyl groups is 2. The molecule has 1 aliphatic carbocycles. The fourth-order valence-electron chi connectivity index (χ4n) is 1.91. The highest BCUT2D eigenvalue weighted by molar-refractivity contribution is 5.30. The lowest BCUT2D eigenvalue weighted by Gasteiger charge is -2.36. The van der Waals surface area contributed by atoms with Gasteiger partial charge in [-0.05, 0) is 18.4 Å². The van der Waals surface area contributed by atoms with Crippen LogP contribution in [0.1, 0.15) is 12.8 Å². The van der Waals surface area contributed by atoms with Crippen molar-refractivity contribution in [3.05, 3.63) is 49.1 Å². The molecule has 1 aliphatic rings. The van der Waals surface area contributed by atoms with Crippen LogP contribution in [0.25, 0.3) is 0 Å². The van der Waals surface area contributed by atoms with E-state index in [2.05, 4.69) is 13.2 Å². The van der Waals surface area contributed by atoms with Gasteiger partial charge in [0.15, 0.2) is 0 Å². The first-order valence-electron chi connectivity index (χ1n) is 5.09. The smallest absolute Gasteiger partial charge is 0.0872 e. The zero-order valence-corrected chi connectivity index (χ0v) is 8.89. The van der Waals surface area contributed by atoms with E-state index in [9.17, 15) is 10.2 Å². The van der Waals surface area contributed by atoms with Gasteiger partial charge in [-0.3, -0.25) is 0 Å². The number of allylic oxidation sites excluding steroid dienone is 4. The van der Waals surface area contributed by atoms with Crippen LogP contribution >= 0.6 is 0 Å². The first-order chi connectivity index (χ1) is 7.20. The van der Waals surface area contributed by atoms with Gasteiger partial charge in [0.05, 0.1) is 12.7 Å². The second-order valence-electron chi connectivity index (χ2n) is 3.88. The van der Waals surface area contributed by atoms with Gasteiger partial charge in [0.25, 0.3) is 0 Å². The average molecular weight is 206 g/mol. The minimum atomic E-state index is -0.650. The Morgan fingerprint density at radius 1 is 1.40 bits per heavy atom. The number of hydrogen-bond donors (Lipinski definition) is 2. The molecule has 0 saturated carbocycles. The van der Waals surface area contributed by atoms with Crippen molar-refractivity contribution in [3.63, 3.8) is 0 Å². The van der Waals surface area contributed by atoms with Crippen LogP contribution in [-0.2, 0) is 0 Å². The minimum Gasteiger partial charge on any atom is -0.395 e. The van der Waals surface area contributed by atoms with Gasteiger partial charge in [0, 0.05) is 5.41 Å². The van der Waals surface area contributed by atoms with Crippen LogP contribution in [0.4, 0.5) is 0 Å². The van der Waals surface area contributed by atoms with Crippen molar-refractivity contribution < 1.29 is 10.2 Å². The molecule has 2 unspecified atom stereocenters. The van der Waals surface area contributed by atoms with Crippen LogP contribution in [0.5, 0.6) is 0 Å². The molecule has 0 radical (unpaired) electrons. The Morgan fingerprint density at radius 3 is 2.67 bits per heavy atom. The van der Waals surface area contributed by atoms with Gasteiger partial charge in [0.1, 0.15) is 0 Å². The van der Waals surface area contributed by atoms with Crippen LogP contribution < -0.4 is 0 Å². The number of rotatable bonds is 5. The maximum atomic E-state index is 10.2. The Labute approximate surface area is 90.9 Å². The van der Waals surface area contributed by atoms with Gasteiger partial charge >= 0.3 is 0 Å². The van der Waals surface area contributed by atoms with Crippen molar-refractivity contribution in [2.75, 3.05) is 6.61 Å². The summed E-state index contributed by atoms with van der Waals surface area (Å²) in [5, 5.41) is 19.6. The maximum Gasteiger partial charge on any atom is 0.0872 e. The first kappa shape index (κ1) is 12.0. The molecule has 2 nitrogen and oxygen atoms in total. The zero-order valence-electron chi connectivity index (χ0n) is 8.89. The molecular weight excluding hydrogens is 188 g/mol. The van der Waals surface area contributed by atoms with Crippen molar-refractivity contribution in [1.82, 2.24) is 0 Å². The lowest BCUT2D eigenvalue weighted by molar-refractivity contribution is 0.0380. The van der Waals surface area contributed by atoms with Gasteiger partial charge in [-0.2, -0.15) is 0 Å². The van der Waals surface area contributed by atoms with Crippen molar-refractivity contribution in [3.8, 4) is 0 Å². The molecule has 82 valence electrons. The van der Waals surface area contributed by atoms with Gasteiger partial charge in [-0.25, -0.2) is 0 Å². The minimum absolute atomic E-state index is 0.0782. The molecule has 0 heterocycles. The highest BCUT2D eigenvalue weighted by Crippen LogP contribution is 2.36. The van der Waals surface area contributed by atoms with E-state index >= 15 is 0 Å². The summed E-state index contributed by atoms with van der Waals surface area (Å²) < 4.78 is 0. The number of aliphatic hydroxyl groups excluding tert-OH is 2. The Morgan fingerprint density at radius 2 is 2.13 bits per heavy atom. The fourth-order valence-corrected chi connectivity index (χ4v) is 1.91. The van der Waals surface area contributed by atoms with Gasteiger partial charge in [-0.1, -0.05) is 30.4 Å². The van der Waals surface area contributed by atoms with E-state index in [4.69, 9.17) is 0 Å². The Balaban J connectivity index is 2.94. The van der Waals surface area contributed by atoms with Gasteiger partial charge < -0.3 is 10.2 Å². The Bertz CT molecular complexity index is 302. The molecular formula is C13H18O2. The molecule has 0 fully saturated rings. The highest BCUT2D eigenvalue weighted by Gasteiger charge is 2.36. The Kier molecular flexibility index (Phi) is 4.06. The molecule has 0 spiro atoms. The summed E-state index contributed by atoms with van der Waals surface area (Å²) in [6, 6.07) is 0. The quantitative estimate of drug-likeness (QED) is 0.675. The molecule has 0 aliphatic heterocycles. The molecule has 0 saturated heterocycles.